The van der Waals surface area contributed by atoms with Gasteiger partial charge in [0.2, 0.25) is 5.75 Å². The van der Waals surface area contributed by atoms with Crippen LogP contribution in [0.1, 0.15) is 16.5 Å². The van der Waals surface area contributed by atoms with Gasteiger partial charge in [0.15, 0.2) is 11.5 Å². The number of carbonyl (C=O) groups excluding carboxylic acids is 1. The number of hydrogen-bond donors (Lipinski definition) is 0. The number of hydrogen-bond acceptors (Lipinski definition) is 5. The first-order chi connectivity index (χ1) is 15.5. The van der Waals surface area contributed by atoms with Gasteiger partial charge in [0.25, 0.3) is 5.91 Å². The molecule has 1 aliphatic heterocycles. The van der Waals surface area contributed by atoms with Crippen LogP contribution >= 0.6 is 23.4 Å². The van der Waals surface area contributed by atoms with Crippen LogP contribution in [0.25, 0.3) is 6.08 Å². The van der Waals surface area contributed by atoms with Crippen molar-refractivity contribution < 1.29 is 19.0 Å². The molecule has 0 spiro atoms. The van der Waals surface area contributed by atoms with E-state index in [1.807, 2.05) is 60.7 Å². The van der Waals surface area contributed by atoms with Crippen LogP contribution in [0.5, 0.6) is 17.2 Å². The fraction of sp³-hybridized carbons (Fsp3) is 0.160. The Morgan fingerprint density at radius 2 is 1.53 bits per heavy atom. The Bertz CT molecular complexity index is 1120. The van der Waals surface area contributed by atoms with Crippen LogP contribution in [0.2, 0.25) is 5.02 Å². The maximum absolute atomic E-state index is 13.5. The number of methoxy groups -OCH3 is 3. The zero-order valence-corrected chi connectivity index (χ0v) is 19.4. The first kappa shape index (κ1) is 22.1. The summed E-state index contributed by atoms with van der Waals surface area (Å²) < 4.78 is 16.3. The minimum Gasteiger partial charge on any atom is -0.493 e. The smallest absolute Gasteiger partial charge is 0.266 e. The van der Waals surface area contributed by atoms with Gasteiger partial charge in [-0.2, -0.15) is 0 Å². The van der Waals surface area contributed by atoms with Gasteiger partial charge in [-0.3, -0.25) is 9.69 Å². The van der Waals surface area contributed by atoms with Crippen molar-refractivity contribution in [2.45, 2.75) is 5.37 Å². The van der Waals surface area contributed by atoms with Gasteiger partial charge in [0.05, 0.1) is 26.2 Å². The van der Waals surface area contributed by atoms with E-state index >= 15 is 0 Å². The van der Waals surface area contributed by atoms with Gasteiger partial charge in [-0.25, -0.2) is 0 Å². The Labute approximate surface area is 196 Å². The molecular formula is C25H22ClNO4S. The summed E-state index contributed by atoms with van der Waals surface area (Å²) in [5.41, 5.74) is 2.60. The fourth-order valence-electron chi connectivity index (χ4n) is 3.57. The van der Waals surface area contributed by atoms with Crippen molar-refractivity contribution in [2.75, 3.05) is 26.2 Å². The molecular weight excluding hydrogens is 446 g/mol. The standard InChI is InChI=1S/C25H22ClNO4S/c1-29-20-13-16(14-21(30-2)23(20)31-3)15-22-24(28)27(19-11-9-18(26)10-12-19)25(32-22)17-7-5-4-6-8-17/h4-15,25H,1-3H3/b22-15+. The van der Waals surface area contributed by atoms with E-state index in [1.54, 1.807) is 38.4 Å². The molecule has 1 atom stereocenters. The van der Waals surface area contributed by atoms with Crippen LogP contribution in [0.15, 0.2) is 71.6 Å². The van der Waals surface area contributed by atoms with Crippen LogP contribution in [-0.4, -0.2) is 27.2 Å². The van der Waals surface area contributed by atoms with E-state index in [2.05, 4.69) is 0 Å². The summed E-state index contributed by atoms with van der Waals surface area (Å²) in [4.78, 5) is 15.9. The number of halogens is 1. The molecule has 3 aromatic carbocycles. The average molecular weight is 468 g/mol. The zero-order chi connectivity index (χ0) is 22.7. The molecule has 0 aliphatic carbocycles. The second kappa shape index (κ2) is 9.59. The summed E-state index contributed by atoms with van der Waals surface area (Å²) in [5.74, 6) is 1.49. The molecule has 5 nitrogen and oxygen atoms in total. The van der Waals surface area contributed by atoms with Crippen LogP contribution in [0.3, 0.4) is 0 Å². The van der Waals surface area contributed by atoms with E-state index in [-0.39, 0.29) is 11.3 Å². The lowest BCUT2D eigenvalue weighted by molar-refractivity contribution is -0.114. The minimum absolute atomic E-state index is 0.0834. The highest BCUT2D eigenvalue weighted by Crippen LogP contribution is 2.49. The molecule has 7 heteroatoms. The maximum Gasteiger partial charge on any atom is 0.266 e. The van der Waals surface area contributed by atoms with Crippen molar-refractivity contribution in [3.8, 4) is 17.2 Å². The molecule has 0 radical (unpaired) electrons. The van der Waals surface area contributed by atoms with Crippen LogP contribution < -0.4 is 19.1 Å². The average Bonchev–Trinajstić information content (AvgIpc) is 3.15. The largest absolute Gasteiger partial charge is 0.493 e. The molecule has 164 valence electrons. The SMILES string of the molecule is COc1cc(/C=C2/SC(c3ccccc3)N(c3ccc(Cl)cc3)C2=O)cc(OC)c1OC. The second-order valence-corrected chi connectivity index (χ2v) is 8.56. The third-order valence-electron chi connectivity index (χ3n) is 5.08. The highest BCUT2D eigenvalue weighted by atomic mass is 35.5. The summed E-state index contributed by atoms with van der Waals surface area (Å²) in [7, 11) is 4.69. The second-order valence-electron chi connectivity index (χ2n) is 7.00. The van der Waals surface area contributed by atoms with Gasteiger partial charge in [-0.1, -0.05) is 53.7 Å². The summed E-state index contributed by atoms with van der Waals surface area (Å²) in [6.07, 6.45) is 1.85. The van der Waals surface area contributed by atoms with Gasteiger partial charge in [0.1, 0.15) is 5.37 Å². The molecule has 1 unspecified atom stereocenters. The normalized spacial score (nSPS) is 17.0. The molecule has 4 rings (SSSR count). The van der Waals surface area contributed by atoms with Crippen molar-refractivity contribution in [3.05, 3.63) is 87.8 Å². The lowest BCUT2D eigenvalue weighted by Gasteiger charge is -2.23. The number of carbonyl (C=O) groups is 1. The Balaban J connectivity index is 1.78. The van der Waals surface area contributed by atoms with Gasteiger partial charge >= 0.3 is 0 Å². The highest BCUT2D eigenvalue weighted by Gasteiger charge is 2.38. The van der Waals surface area contributed by atoms with E-state index in [9.17, 15) is 4.79 Å². The number of nitrogens with zero attached hydrogens (tertiary/aromatic N) is 1. The van der Waals surface area contributed by atoms with Crippen molar-refractivity contribution in [2.24, 2.45) is 0 Å². The lowest BCUT2D eigenvalue weighted by atomic mass is 10.1. The molecule has 0 N–H and O–H groups in total. The number of rotatable bonds is 6. The predicted octanol–water partition coefficient (Wildman–Crippen LogP) is 6.19. The van der Waals surface area contributed by atoms with E-state index in [0.717, 1.165) is 16.8 Å². The number of benzene rings is 3. The first-order valence-electron chi connectivity index (χ1n) is 9.88. The summed E-state index contributed by atoms with van der Waals surface area (Å²) >= 11 is 7.57. The number of ether oxygens (including phenoxy) is 3. The topological polar surface area (TPSA) is 48.0 Å². The maximum atomic E-state index is 13.5. The van der Waals surface area contributed by atoms with E-state index < -0.39 is 0 Å². The molecule has 1 aliphatic rings. The van der Waals surface area contributed by atoms with Crippen LogP contribution in [0.4, 0.5) is 5.69 Å². The van der Waals surface area contributed by atoms with E-state index in [4.69, 9.17) is 25.8 Å². The summed E-state index contributed by atoms with van der Waals surface area (Å²) in [6, 6.07) is 20.9. The third-order valence-corrected chi connectivity index (χ3v) is 6.58. The molecule has 0 saturated carbocycles. The van der Waals surface area contributed by atoms with Crippen molar-refractivity contribution in [3.63, 3.8) is 0 Å². The Kier molecular flexibility index (Phi) is 6.63. The highest BCUT2D eigenvalue weighted by molar-refractivity contribution is 8.05. The van der Waals surface area contributed by atoms with Crippen LogP contribution in [-0.2, 0) is 4.79 Å². The molecule has 0 aromatic heterocycles. The minimum atomic E-state index is -0.196. The lowest BCUT2D eigenvalue weighted by Crippen LogP contribution is -2.27. The van der Waals surface area contributed by atoms with Crippen LogP contribution in [0, 0.1) is 0 Å². The third kappa shape index (κ3) is 4.29. The summed E-state index contributed by atoms with van der Waals surface area (Å²) in [6.45, 7) is 0. The monoisotopic (exact) mass is 467 g/mol. The number of thioether (sulfide) groups is 1. The molecule has 3 aromatic rings. The van der Waals surface area contributed by atoms with E-state index in [1.165, 1.54) is 11.8 Å². The van der Waals surface area contributed by atoms with E-state index in [0.29, 0.717) is 27.2 Å². The van der Waals surface area contributed by atoms with Crippen molar-refractivity contribution >= 4 is 41.0 Å². The fourth-order valence-corrected chi connectivity index (χ4v) is 4.96. The van der Waals surface area contributed by atoms with Gasteiger partial charge in [-0.15, -0.1) is 0 Å². The zero-order valence-electron chi connectivity index (χ0n) is 17.9. The Morgan fingerprint density at radius 1 is 0.906 bits per heavy atom. The van der Waals surface area contributed by atoms with Gasteiger partial charge < -0.3 is 14.2 Å². The van der Waals surface area contributed by atoms with Gasteiger partial charge in [-0.05, 0) is 53.6 Å². The molecule has 1 heterocycles. The Hall–Kier alpha value is -3.09. The quantitative estimate of drug-likeness (QED) is 0.405. The number of amides is 1. The number of anilines is 1. The molecule has 32 heavy (non-hydrogen) atoms. The Morgan fingerprint density at radius 3 is 2.09 bits per heavy atom. The molecule has 1 saturated heterocycles. The van der Waals surface area contributed by atoms with Crippen molar-refractivity contribution in [1.82, 2.24) is 0 Å². The first-order valence-corrected chi connectivity index (χ1v) is 11.1. The molecule has 1 amide bonds. The summed E-state index contributed by atoms with van der Waals surface area (Å²) in [5, 5.41) is 0.427. The molecule has 0 bridgehead atoms. The molecule has 1 fully saturated rings. The van der Waals surface area contributed by atoms with Crippen molar-refractivity contribution in [1.29, 1.82) is 0 Å². The predicted molar refractivity (Wildman–Crippen MR) is 130 cm³/mol. The van der Waals surface area contributed by atoms with Gasteiger partial charge in [0, 0.05) is 10.7 Å².